The van der Waals surface area contributed by atoms with Crippen LogP contribution in [0.5, 0.6) is 0 Å². The monoisotopic (exact) mass is 327 g/mol. The third-order valence-electron chi connectivity index (χ3n) is 4.73. The first-order valence-electron chi connectivity index (χ1n) is 8.88. The number of hydrogen-bond donors (Lipinski definition) is 0. The largest absolute Gasteiger partial charge is 0.333 e. The zero-order valence-corrected chi connectivity index (χ0v) is 14.7. The summed E-state index contributed by atoms with van der Waals surface area (Å²) in [5.74, 6) is 1.05. The van der Waals surface area contributed by atoms with Crippen molar-refractivity contribution < 1.29 is 4.79 Å². The van der Waals surface area contributed by atoms with E-state index in [2.05, 4.69) is 0 Å². The highest BCUT2D eigenvalue weighted by atomic mass is 16.2. The van der Waals surface area contributed by atoms with Gasteiger partial charge < -0.3 is 4.90 Å². The average Bonchev–Trinajstić information content (AvgIpc) is 3.43. The van der Waals surface area contributed by atoms with Gasteiger partial charge in [-0.3, -0.25) is 14.2 Å². The van der Waals surface area contributed by atoms with E-state index in [0.29, 0.717) is 29.8 Å². The Labute approximate surface area is 142 Å². The second kappa shape index (κ2) is 6.75. The molecule has 1 atom stereocenters. The molecule has 0 spiro atoms. The number of nitrogens with zero attached hydrogens (tertiary/aromatic N) is 3. The number of para-hydroxylation sites is 1. The van der Waals surface area contributed by atoms with Crippen LogP contribution in [0, 0.1) is 5.92 Å². The highest BCUT2D eigenvalue weighted by Gasteiger charge is 2.36. The zero-order valence-electron chi connectivity index (χ0n) is 14.7. The standard InChI is InChI=1S/C19H25N3O2/c1-4-12-22-17(13(3)21(5-2)18(23)14-10-11-14)20-16-9-7-6-8-15(16)19(22)24/h6-9,13-14H,4-5,10-12H2,1-3H3. The lowest BCUT2D eigenvalue weighted by Gasteiger charge is -2.29. The van der Waals surface area contributed by atoms with Crippen LogP contribution >= 0.6 is 0 Å². The van der Waals surface area contributed by atoms with E-state index in [9.17, 15) is 9.59 Å². The SMILES string of the molecule is CCCn1c(C(C)N(CC)C(=O)C2CC2)nc2ccccc2c1=O. The van der Waals surface area contributed by atoms with Crippen molar-refractivity contribution in [1.29, 1.82) is 0 Å². The van der Waals surface area contributed by atoms with Gasteiger partial charge >= 0.3 is 0 Å². The van der Waals surface area contributed by atoms with Crippen LogP contribution in [0.1, 0.15) is 51.9 Å². The number of fused-ring (bicyclic) bond motifs is 1. The van der Waals surface area contributed by atoms with Gasteiger partial charge in [0.15, 0.2) is 0 Å². The number of rotatable bonds is 6. The van der Waals surface area contributed by atoms with Crippen LogP contribution in [-0.4, -0.2) is 26.9 Å². The fourth-order valence-electron chi connectivity index (χ4n) is 3.27. The first kappa shape index (κ1) is 16.7. The molecule has 1 aromatic heterocycles. The topological polar surface area (TPSA) is 55.2 Å². The normalized spacial score (nSPS) is 15.5. The quantitative estimate of drug-likeness (QED) is 0.819. The van der Waals surface area contributed by atoms with Crippen molar-refractivity contribution in [3.05, 3.63) is 40.4 Å². The highest BCUT2D eigenvalue weighted by Crippen LogP contribution is 2.33. The van der Waals surface area contributed by atoms with Crippen molar-refractivity contribution in [3.63, 3.8) is 0 Å². The Kier molecular flexibility index (Phi) is 4.69. The maximum absolute atomic E-state index is 12.9. The molecule has 0 radical (unpaired) electrons. The molecule has 2 aromatic rings. The zero-order chi connectivity index (χ0) is 17.3. The van der Waals surface area contributed by atoms with E-state index in [-0.39, 0.29) is 23.4 Å². The summed E-state index contributed by atoms with van der Waals surface area (Å²) in [6.45, 7) is 7.26. The Hall–Kier alpha value is -2.17. The molecule has 1 aliphatic rings. The molecule has 1 aliphatic carbocycles. The van der Waals surface area contributed by atoms with E-state index in [1.165, 1.54) is 0 Å². The van der Waals surface area contributed by atoms with Gasteiger partial charge in [-0.05, 0) is 45.2 Å². The van der Waals surface area contributed by atoms with Crippen LogP contribution in [0.2, 0.25) is 0 Å². The molecule has 1 amide bonds. The van der Waals surface area contributed by atoms with E-state index in [4.69, 9.17) is 4.98 Å². The van der Waals surface area contributed by atoms with E-state index in [1.807, 2.05) is 49.9 Å². The molecule has 0 bridgehead atoms. The predicted molar refractivity (Wildman–Crippen MR) is 94.8 cm³/mol. The van der Waals surface area contributed by atoms with E-state index >= 15 is 0 Å². The Morgan fingerprint density at radius 1 is 1.33 bits per heavy atom. The number of amides is 1. The van der Waals surface area contributed by atoms with Crippen LogP contribution in [0.3, 0.4) is 0 Å². The van der Waals surface area contributed by atoms with Gasteiger partial charge in [-0.25, -0.2) is 4.98 Å². The van der Waals surface area contributed by atoms with E-state index < -0.39 is 0 Å². The molecular formula is C19H25N3O2. The van der Waals surface area contributed by atoms with Gasteiger partial charge in [0, 0.05) is 19.0 Å². The Bertz CT molecular complexity index is 808. The van der Waals surface area contributed by atoms with Gasteiger partial charge in [0.25, 0.3) is 5.56 Å². The lowest BCUT2D eigenvalue weighted by atomic mass is 10.2. The highest BCUT2D eigenvalue weighted by molar-refractivity contribution is 5.81. The average molecular weight is 327 g/mol. The summed E-state index contributed by atoms with van der Waals surface area (Å²) in [5.41, 5.74) is 0.686. The van der Waals surface area contributed by atoms with Crippen molar-refractivity contribution in [2.45, 2.75) is 52.6 Å². The van der Waals surface area contributed by atoms with Crippen molar-refractivity contribution in [3.8, 4) is 0 Å². The molecule has 5 heteroatoms. The van der Waals surface area contributed by atoms with Gasteiger partial charge in [0.1, 0.15) is 5.82 Å². The fraction of sp³-hybridized carbons (Fsp3) is 0.526. The lowest BCUT2D eigenvalue weighted by molar-refractivity contribution is -0.134. The Morgan fingerprint density at radius 3 is 2.67 bits per heavy atom. The molecule has 0 saturated heterocycles. The minimum atomic E-state index is -0.202. The molecule has 0 N–H and O–H groups in total. The van der Waals surface area contributed by atoms with Gasteiger partial charge in [0.2, 0.25) is 5.91 Å². The Morgan fingerprint density at radius 2 is 2.04 bits per heavy atom. The summed E-state index contributed by atoms with van der Waals surface area (Å²) < 4.78 is 1.75. The van der Waals surface area contributed by atoms with Gasteiger partial charge in [-0.1, -0.05) is 19.1 Å². The molecule has 3 rings (SSSR count). The Balaban J connectivity index is 2.10. The van der Waals surface area contributed by atoms with Crippen LogP contribution in [0.15, 0.2) is 29.1 Å². The maximum Gasteiger partial charge on any atom is 0.261 e. The number of carbonyl (C=O) groups is 1. The van der Waals surface area contributed by atoms with Crippen LogP contribution in [0.4, 0.5) is 0 Å². The summed E-state index contributed by atoms with van der Waals surface area (Å²) in [5, 5.41) is 0.637. The molecule has 128 valence electrons. The smallest absolute Gasteiger partial charge is 0.261 e. The van der Waals surface area contributed by atoms with Gasteiger partial charge in [-0.2, -0.15) is 0 Å². The molecule has 24 heavy (non-hydrogen) atoms. The molecule has 1 heterocycles. The predicted octanol–water partition coefficient (Wildman–Crippen LogP) is 3.13. The number of benzene rings is 1. The molecule has 0 aliphatic heterocycles. The number of aromatic nitrogens is 2. The maximum atomic E-state index is 12.9. The molecule has 5 nitrogen and oxygen atoms in total. The van der Waals surface area contributed by atoms with Crippen molar-refractivity contribution in [2.24, 2.45) is 5.92 Å². The van der Waals surface area contributed by atoms with Crippen LogP contribution < -0.4 is 5.56 Å². The third kappa shape index (κ3) is 2.95. The fourth-order valence-corrected chi connectivity index (χ4v) is 3.27. The minimum Gasteiger partial charge on any atom is -0.333 e. The summed E-state index contributed by atoms with van der Waals surface area (Å²) >= 11 is 0. The lowest BCUT2D eigenvalue weighted by Crippen LogP contribution is -2.38. The van der Waals surface area contributed by atoms with Gasteiger partial charge in [0.05, 0.1) is 16.9 Å². The van der Waals surface area contributed by atoms with Crippen LogP contribution in [-0.2, 0) is 11.3 Å². The summed E-state index contributed by atoms with van der Waals surface area (Å²) in [6, 6.07) is 7.23. The summed E-state index contributed by atoms with van der Waals surface area (Å²) in [4.78, 5) is 32.1. The van der Waals surface area contributed by atoms with Gasteiger partial charge in [-0.15, -0.1) is 0 Å². The van der Waals surface area contributed by atoms with E-state index in [0.717, 1.165) is 19.3 Å². The first-order valence-corrected chi connectivity index (χ1v) is 8.88. The number of hydrogen-bond acceptors (Lipinski definition) is 3. The van der Waals surface area contributed by atoms with Crippen LogP contribution in [0.25, 0.3) is 10.9 Å². The molecule has 1 saturated carbocycles. The molecule has 1 unspecified atom stereocenters. The van der Waals surface area contributed by atoms with Crippen molar-refractivity contribution in [2.75, 3.05) is 6.54 Å². The second-order valence-corrected chi connectivity index (χ2v) is 6.52. The summed E-state index contributed by atoms with van der Waals surface area (Å²) in [6.07, 6.45) is 2.81. The molecule has 1 aromatic carbocycles. The molecular weight excluding hydrogens is 302 g/mol. The van der Waals surface area contributed by atoms with Crippen molar-refractivity contribution in [1.82, 2.24) is 14.5 Å². The van der Waals surface area contributed by atoms with E-state index in [1.54, 1.807) is 4.57 Å². The van der Waals surface area contributed by atoms with Crippen molar-refractivity contribution >= 4 is 16.8 Å². The summed E-state index contributed by atoms with van der Waals surface area (Å²) in [7, 11) is 0. The number of carbonyl (C=O) groups excluding carboxylic acids is 1. The second-order valence-electron chi connectivity index (χ2n) is 6.52. The minimum absolute atomic E-state index is 0.0146. The first-order chi connectivity index (χ1) is 11.6. The molecule has 1 fully saturated rings. The third-order valence-corrected chi connectivity index (χ3v) is 4.73.